The van der Waals surface area contributed by atoms with Crippen molar-refractivity contribution in [2.24, 2.45) is 0 Å². The maximum Gasteiger partial charge on any atom is 0.338 e. The summed E-state index contributed by atoms with van der Waals surface area (Å²) in [6.45, 7) is 1.54. The third kappa shape index (κ3) is 4.98. The lowest BCUT2D eigenvalue weighted by Crippen LogP contribution is -2.21. The van der Waals surface area contributed by atoms with E-state index in [2.05, 4.69) is 16.4 Å². The van der Waals surface area contributed by atoms with Gasteiger partial charge >= 0.3 is 5.97 Å². The van der Waals surface area contributed by atoms with E-state index in [1.807, 2.05) is 24.4 Å². The van der Waals surface area contributed by atoms with E-state index in [0.29, 0.717) is 21.9 Å². The number of aryl methyl sites for hydroxylation is 2. The van der Waals surface area contributed by atoms with Crippen molar-refractivity contribution in [3.8, 4) is 6.07 Å². The van der Waals surface area contributed by atoms with Crippen LogP contribution in [0.15, 0.2) is 34.0 Å². The van der Waals surface area contributed by atoms with Crippen molar-refractivity contribution in [3.63, 3.8) is 0 Å². The molecule has 3 aromatic rings. The number of hydrogen-bond donors (Lipinski definition) is 1. The molecule has 0 radical (unpaired) electrons. The first-order valence-electron chi connectivity index (χ1n) is 9.69. The largest absolute Gasteiger partial charge is 0.452 e. The molecule has 1 N–H and O–H groups in total. The number of fused-ring (bicyclic) bond motifs is 1. The van der Waals surface area contributed by atoms with Gasteiger partial charge in [0.05, 0.1) is 11.1 Å². The molecule has 0 aliphatic heterocycles. The second-order valence-corrected chi connectivity index (χ2v) is 10.2. The number of amides is 1. The van der Waals surface area contributed by atoms with Gasteiger partial charge in [0, 0.05) is 21.7 Å². The molecule has 0 unspecified atom stereocenters. The first-order valence-corrected chi connectivity index (χ1v) is 12.4. The van der Waals surface area contributed by atoms with Gasteiger partial charge < -0.3 is 10.1 Å². The molecule has 0 atom stereocenters. The second kappa shape index (κ2) is 9.64. The maximum absolute atomic E-state index is 12.6. The van der Waals surface area contributed by atoms with Crippen LogP contribution in [0.2, 0.25) is 0 Å². The molecule has 0 fully saturated rings. The van der Waals surface area contributed by atoms with Crippen LogP contribution in [0.3, 0.4) is 0 Å². The molecule has 1 aliphatic carbocycles. The third-order valence-corrected chi connectivity index (χ3v) is 8.20. The number of thioether (sulfide) groups is 1. The molecular formula is C22H19N3O3S3. The monoisotopic (exact) mass is 469 g/mol. The van der Waals surface area contributed by atoms with E-state index >= 15 is 0 Å². The minimum atomic E-state index is -0.546. The van der Waals surface area contributed by atoms with Crippen molar-refractivity contribution in [2.45, 2.75) is 36.3 Å². The standard InChI is InChI=1S/C22H19N3O3S3/c1-13-11-29-22(24-13)30-12-14-5-2-3-6-15(14)21(27)28-10-19(26)25-20-17(9-23)16-7-4-8-18(16)31-20/h2-3,5-6,11H,4,7-8,10,12H2,1H3,(H,25,26). The highest BCUT2D eigenvalue weighted by atomic mass is 32.2. The number of nitrogens with zero attached hydrogens (tertiary/aromatic N) is 2. The van der Waals surface area contributed by atoms with Crippen molar-refractivity contribution >= 4 is 51.3 Å². The van der Waals surface area contributed by atoms with Crippen LogP contribution in [-0.4, -0.2) is 23.5 Å². The number of thiophene rings is 1. The zero-order valence-electron chi connectivity index (χ0n) is 16.8. The Morgan fingerprint density at radius 2 is 2.16 bits per heavy atom. The molecule has 0 saturated heterocycles. The fourth-order valence-electron chi connectivity index (χ4n) is 3.37. The Morgan fingerprint density at radius 1 is 1.32 bits per heavy atom. The van der Waals surface area contributed by atoms with Gasteiger partial charge in [-0.2, -0.15) is 5.26 Å². The molecule has 9 heteroatoms. The molecule has 158 valence electrons. The maximum atomic E-state index is 12.6. The summed E-state index contributed by atoms with van der Waals surface area (Å²) in [6, 6.07) is 9.39. The number of benzene rings is 1. The summed E-state index contributed by atoms with van der Waals surface area (Å²) in [5.74, 6) is -0.415. The van der Waals surface area contributed by atoms with E-state index in [1.54, 1.807) is 35.2 Å². The molecule has 0 bridgehead atoms. The minimum Gasteiger partial charge on any atom is -0.452 e. The summed E-state index contributed by atoms with van der Waals surface area (Å²) in [5.41, 5.74) is 3.82. The molecule has 1 amide bonds. The van der Waals surface area contributed by atoms with Crippen molar-refractivity contribution in [3.05, 3.63) is 62.5 Å². The van der Waals surface area contributed by atoms with E-state index in [-0.39, 0.29) is 0 Å². The number of aromatic nitrogens is 1. The normalized spacial score (nSPS) is 12.3. The van der Waals surface area contributed by atoms with Gasteiger partial charge in [0.1, 0.15) is 15.4 Å². The molecule has 0 spiro atoms. The number of nitriles is 1. The Balaban J connectivity index is 1.36. The molecule has 6 nitrogen and oxygen atoms in total. The fourth-order valence-corrected chi connectivity index (χ4v) is 6.47. The van der Waals surface area contributed by atoms with Crippen LogP contribution in [0.1, 0.15) is 44.0 Å². The lowest BCUT2D eigenvalue weighted by Gasteiger charge is -2.09. The number of ether oxygens (including phenoxy) is 1. The van der Waals surface area contributed by atoms with E-state index in [4.69, 9.17) is 4.74 Å². The van der Waals surface area contributed by atoms with Crippen molar-refractivity contribution in [2.75, 3.05) is 11.9 Å². The molecule has 1 aliphatic rings. The van der Waals surface area contributed by atoms with Gasteiger partial charge in [0.15, 0.2) is 6.61 Å². The fraction of sp³-hybridized carbons (Fsp3) is 0.273. The molecular weight excluding hydrogens is 450 g/mol. The number of carbonyl (C=O) groups is 2. The quantitative estimate of drug-likeness (QED) is 0.388. The lowest BCUT2D eigenvalue weighted by molar-refractivity contribution is -0.119. The molecule has 31 heavy (non-hydrogen) atoms. The molecule has 2 heterocycles. The number of anilines is 1. The number of esters is 1. The predicted molar refractivity (Wildman–Crippen MR) is 123 cm³/mol. The number of hydrogen-bond acceptors (Lipinski definition) is 8. The van der Waals surface area contributed by atoms with Gasteiger partial charge in [-0.25, -0.2) is 9.78 Å². The molecule has 2 aromatic heterocycles. The highest BCUT2D eigenvalue weighted by Gasteiger charge is 2.23. The van der Waals surface area contributed by atoms with E-state index in [1.165, 1.54) is 11.3 Å². The third-order valence-electron chi connectivity index (χ3n) is 4.81. The summed E-state index contributed by atoms with van der Waals surface area (Å²) in [4.78, 5) is 30.5. The topological polar surface area (TPSA) is 92.1 Å². The first-order chi connectivity index (χ1) is 15.0. The van der Waals surface area contributed by atoms with Crippen LogP contribution in [0, 0.1) is 18.3 Å². The Hall–Kier alpha value is -2.67. The number of nitrogens with one attached hydrogen (secondary N) is 1. The van der Waals surface area contributed by atoms with Crippen LogP contribution in [-0.2, 0) is 28.1 Å². The predicted octanol–water partition coefficient (Wildman–Crippen LogP) is 4.96. The molecule has 0 saturated carbocycles. The van der Waals surface area contributed by atoms with Gasteiger partial charge in [-0.3, -0.25) is 4.79 Å². The summed E-state index contributed by atoms with van der Waals surface area (Å²) >= 11 is 4.57. The van der Waals surface area contributed by atoms with Crippen LogP contribution in [0.25, 0.3) is 0 Å². The Morgan fingerprint density at radius 3 is 2.94 bits per heavy atom. The van der Waals surface area contributed by atoms with Gasteiger partial charge in [0.25, 0.3) is 5.91 Å². The lowest BCUT2D eigenvalue weighted by atomic mass is 10.1. The summed E-state index contributed by atoms with van der Waals surface area (Å²) < 4.78 is 6.20. The molecule has 4 rings (SSSR count). The minimum absolute atomic E-state index is 0.403. The van der Waals surface area contributed by atoms with Gasteiger partial charge in [-0.1, -0.05) is 30.0 Å². The zero-order chi connectivity index (χ0) is 21.8. The van der Waals surface area contributed by atoms with E-state index in [9.17, 15) is 14.9 Å². The van der Waals surface area contributed by atoms with Gasteiger partial charge in [-0.15, -0.1) is 22.7 Å². The van der Waals surface area contributed by atoms with Crippen molar-refractivity contribution in [1.82, 2.24) is 4.98 Å². The second-order valence-electron chi connectivity index (χ2n) is 7.00. The van der Waals surface area contributed by atoms with Crippen LogP contribution >= 0.6 is 34.4 Å². The average molecular weight is 470 g/mol. The van der Waals surface area contributed by atoms with E-state index < -0.39 is 18.5 Å². The number of thiazole rings is 1. The smallest absolute Gasteiger partial charge is 0.338 e. The first kappa shape index (κ1) is 21.6. The SMILES string of the molecule is Cc1csc(SCc2ccccc2C(=O)OCC(=O)Nc2sc3c(c2C#N)CCC3)n1. The molecule has 1 aromatic carbocycles. The number of rotatable bonds is 7. The Bertz CT molecular complexity index is 1180. The van der Waals surface area contributed by atoms with Crippen LogP contribution < -0.4 is 5.32 Å². The summed E-state index contributed by atoms with van der Waals surface area (Å²) in [7, 11) is 0. The zero-order valence-corrected chi connectivity index (χ0v) is 19.2. The Kier molecular flexibility index (Phi) is 6.70. The summed E-state index contributed by atoms with van der Waals surface area (Å²) in [6.07, 6.45) is 2.85. The van der Waals surface area contributed by atoms with Gasteiger partial charge in [0.2, 0.25) is 0 Å². The van der Waals surface area contributed by atoms with E-state index in [0.717, 1.165) is 45.3 Å². The van der Waals surface area contributed by atoms with Crippen molar-refractivity contribution in [1.29, 1.82) is 5.26 Å². The Labute approximate surface area is 192 Å². The van der Waals surface area contributed by atoms with Gasteiger partial charge in [-0.05, 0) is 43.4 Å². The van der Waals surface area contributed by atoms with Crippen LogP contribution in [0.4, 0.5) is 5.00 Å². The number of carbonyl (C=O) groups excluding carboxylic acids is 2. The van der Waals surface area contributed by atoms with Crippen molar-refractivity contribution < 1.29 is 14.3 Å². The average Bonchev–Trinajstić information content (AvgIpc) is 3.47. The highest BCUT2D eigenvalue weighted by molar-refractivity contribution is 8.00. The highest BCUT2D eigenvalue weighted by Crippen LogP contribution is 2.38. The summed E-state index contributed by atoms with van der Waals surface area (Å²) in [5, 5.41) is 14.7. The van der Waals surface area contributed by atoms with Crippen LogP contribution in [0.5, 0.6) is 0 Å².